The summed E-state index contributed by atoms with van der Waals surface area (Å²) in [7, 11) is 0. The Bertz CT molecular complexity index is 612. The minimum atomic E-state index is -0.879. The fourth-order valence-electron chi connectivity index (χ4n) is 2.69. The Morgan fingerprint density at radius 1 is 1.17 bits per heavy atom. The standard InChI is InChI=1S/C14H12F2N2/c15-10-1-2-11-9(7-10)3-5-14(11,17)12-4-6-18-8-13(12)16/h1-2,4,6-8H,3,5,17H2. The van der Waals surface area contributed by atoms with Gasteiger partial charge in [0.05, 0.1) is 11.7 Å². The van der Waals surface area contributed by atoms with Crippen LogP contribution in [0.1, 0.15) is 23.1 Å². The zero-order valence-corrected chi connectivity index (χ0v) is 9.66. The molecule has 0 spiro atoms. The van der Waals surface area contributed by atoms with E-state index >= 15 is 0 Å². The second kappa shape index (κ2) is 3.85. The Balaban J connectivity index is 2.18. The van der Waals surface area contributed by atoms with Crippen molar-refractivity contribution >= 4 is 0 Å². The number of nitrogens with two attached hydrogens (primary N) is 1. The van der Waals surface area contributed by atoms with Crippen molar-refractivity contribution in [2.45, 2.75) is 18.4 Å². The topological polar surface area (TPSA) is 38.9 Å². The molecule has 2 nitrogen and oxygen atoms in total. The monoisotopic (exact) mass is 246 g/mol. The van der Waals surface area contributed by atoms with Gasteiger partial charge in [0, 0.05) is 11.8 Å². The largest absolute Gasteiger partial charge is 0.318 e. The molecule has 18 heavy (non-hydrogen) atoms. The highest BCUT2D eigenvalue weighted by Crippen LogP contribution is 2.40. The van der Waals surface area contributed by atoms with Crippen molar-refractivity contribution in [3.05, 3.63) is 65.0 Å². The van der Waals surface area contributed by atoms with E-state index in [1.165, 1.54) is 18.3 Å². The number of hydrogen-bond acceptors (Lipinski definition) is 2. The van der Waals surface area contributed by atoms with Gasteiger partial charge in [-0.1, -0.05) is 6.07 Å². The van der Waals surface area contributed by atoms with Crippen molar-refractivity contribution in [2.75, 3.05) is 0 Å². The van der Waals surface area contributed by atoms with Crippen LogP contribution in [0.4, 0.5) is 8.78 Å². The first kappa shape index (κ1) is 11.3. The van der Waals surface area contributed by atoms with E-state index in [-0.39, 0.29) is 5.82 Å². The molecular formula is C14H12F2N2. The summed E-state index contributed by atoms with van der Waals surface area (Å²) in [4.78, 5) is 3.73. The molecule has 1 unspecified atom stereocenters. The maximum Gasteiger partial charge on any atom is 0.146 e. The van der Waals surface area contributed by atoms with E-state index in [1.54, 1.807) is 12.1 Å². The molecule has 1 atom stereocenters. The Kier molecular flexibility index (Phi) is 2.41. The van der Waals surface area contributed by atoms with E-state index < -0.39 is 11.4 Å². The van der Waals surface area contributed by atoms with Gasteiger partial charge in [-0.05, 0) is 42.2 Å². The zero-order chi connectivity index (χ0) is 12.8. The van der Waals surface area contributed by atoms with Crippen LogP contribution in [0.5, 0.6) is 0 Å². The lowest BCUT2D eigenvalue weighted by molar-refractivity contribution is 0.488. The molecule has 0 aliphatic heterocycles. The van der Waals surface area contributed by atoms with Gasteiger partial charge in [-0.25, -0.2) is 8.78 Å². The van der Waals surface area contributed by atoms with Crippen molar-refractivity contribution < 1.29 is 8.78 Å². The molecule has 1 aromatic carbocycles. The average molecular weight is 246 g/mol. The number of pyridine rings is 1. The number of aryl methyl sites for hydroxylation is 1. The molecule has 1 aliphatic carbocycles. The SMILES string of the molecule is NC1(c2ccncc2F)CCc2cc(F)ccc21. The lowest BCUT2D eigenvalue weighted by Gasteiger charge is -2.26. The number of rotatable bonds is 1. The van der Waals surface area contributed by atoms with Crippen molar-refractivity contribution in [1.29, 1.82) is 0 Å². The third-order valence-electron chi connectivity index (χ3n) is 3.59. The highest BCUT2D eigenvalue weighted by atomic mass is 19.1. The van der Waals surface area contributed by atoms with Crippen LogP contribution < -0.4 is 5.73 Å². The molecule has 1 aromatic heterocycles. The van der Waals surface area contributed by atoms with E-state index in [2.05, 4.69) is 4.98 Å². The molecule has 2 aromatic rings. The van der Waals surface area contributed by atoms with Gasteiger partial charge < -0.3 is 5.73 Å². The normalized spacial score (nSPS) is 21.9. The first-order valence-electron chi connectivity index (χ1n) is 5.79. The van der Waals surface area contributed by atoms with Gasteiger partial charge in [0.25, 0.3) is 0 Å². The van der Waals surface area contributed by atoms with Gasteiger partial charge in [0.1, 0.15) is 11.6 Å². The second-order valence-corrected chi connectivity index (χ2v) is 4.63. The smallest absolute Gasteiger partial charge is 0.146 e. The number of nitrogens with zero attached hydrogens (tertiary/aromatic N) is 1. The van der Waals surface area contributed by atoms with Crippen LogP contribution in [-0.4, -0.2) is 4.98 Å². The highest BCUT2D eigenvalue weighted by molar-refractivity contribution is 5.46. The molecule has 1 aliphatic rings. The molecule has 2 N–H and O–H groups in total. The van der Waals surface area contributed by atoms with E-state index in [1.807, 2.05) is 0 Å². The molecular weight excluding hydrogens is 234 g/mol. The van der Waals surface area contributed by atoms with Crippen molar-refractivity contribution in [3.63, 3.8) is 0 Å². The summed E-state index contributed by atoms with van der Waals surface area (Å²) in [6.45, 7) is 0. The summed E-state index contributed by atoms with van der Waals surface area (Å²) in [5.74, 6) is -0.703. The number of benzene rings is 1. The van der Waals surface area contributed by atoms with E-state index in [0.717, 1.165) is 17.3 Å². The van der Waals surface area contributed by atoms with Gasteiger partial charge in [0.2, 0.25) is 0 Å². The van der Waals surface area contributed by atoms with Crippen LogP contribution in [0.2, 0.25) is 0 Å². The lowest BCUT2D eigenvalue weighted by atomic mass is 9.85. The number of aromatic nitrogens is 1. The maximum atomic E-state index is 13.8. The van der Waals surface area contributed by atoms with E-state index in [4.69, 9.17) is 5.73 Å². The zero-order valence-electron chi connectivity index (χ0n) is 9.66. The van der Waals surface area contributed by atoms with Crippen LogP contribution >= 0.6 is 0 Å². The Morgan fingerprint density at radius 3 is 2.78 bits per heavy atom. The fraction of sp³-hybridized carbons (Fsp3) is 0.214. The molecule has 0 radical (unpaired) electrons. The lowest BCUT2D eigenvalue weighted by Crippen LogP contribution is -2.36. The quantitative estimate of drug-likeness (QED) is 0.839. The van der Waals surface area contributed by atoms with Crippen molar-refractivity contribution in [1.82, 2.24) is 4.98 Å². The van der Waals surface area contributed by atoms with Gasteiger partial charge in [-0.3, -0.25) is 4.98 Å². The first-order valence-corrected chi connectivity index (χ1v) is 5.79. The minimum Gasteiger partial charge on any atom is -0.318 e. The molecule has 0 saturated heterocycles. The fourth-order valence-corrected chi connectivity index (χ4v) is 2.69. The second-order valence-electron chi connectivity index (χ2n) is 4.63. The predicted molar refractivity (Wildman–Crippen MR) is 63.9 cm³/mol. The Labute approximate surface area is 103 Å². The van der Waals surface area contributed by atoms with Gasteiger partial charge in [0.15, 0.2) is 0 Å². The minimum absolute atomic E-state index is 0.284. The maximum absolute atomic E-state index is 13.8. The third-order valence-corrected chi connectivity index (χ3v) is 3.59. The Hall–Kier alpha value is -1.81. The van der Waals surface area contributed by atoms with E-state index in [0.29, 0.717) is 18.4 Å². The molecule has 0 amide bonds. The Morgan fingerprint density at radius 2 is 2.00 bits per heavy atom. The van der Waals surface area contributed by atoms with Crippen LogP contribution in [-0.2, 0) is 12.0 Å². The summed E-state index contributed by atoms with van der Waals surface area (Å²) >= 11 is 0. The number of fused-ring (bicyclic) bond motifs is 1. The molecule has 1 heterocycles. The molecule has 92 valence electrons. The van der Waals surface area contributed by atoms with E-state index in [9.17, 15) is 8.78 Å². The molecule has 0 bridgehead atoms. The van der Waals surface area contributed by atoms with Crippen molar-refractivity contribution in [2.24, 2.45) is 5.73 Å². The molecule has 3 rings (SSSR count). The van der Waals surface area contributed by atoms with Gasteiger partial charge in [-0.15, -0.1) is 0 Å². The molecule has 4 heteroatoms. The van der Waals surface area contributed by atoms with Crippen LogP contribution in [0.15, 0.2) is 36.7 Å². The average Bonchev–Trinajstić information content (AvgIpc) is 2.68. The summed E-state index contributed by atoms with van der Waals surface area (Å²) < 4.78 is 27.0. The van der Waals surface area contributed by atoms with Gasteiger partial charge >= 0.3 is 0 Å². The summed E-state index contributed by atoms with van der Waals surface area (Å²) in [5, 5.41) is 0. The molecule has 0 fully saturated rings. The summed E-state index contributed by atoms with van der Waals surface area (Å²) in [5.41, 5.74) is 7.55. The number of halogens is 2. The molecule has 0 saturated carbocycles. The number of hydrogen-bond donors (Lipinski definition) is 1. The highest BCUT2D eigenvalue weighted by Gasteiger charge is 2.38. The first-order chi connectivity index (χ1) is 8.61. The summed E-state index contributed by atoms with van der Waals surface area (Å²) in [6.07, 6.45) is 3.91. The van der Waals surface area contributed by atoms with Crippen molar-refractivity contribution in [3.8, 4) is 0 Å². The van der Waals surface area contributed by atoms with Crippen LogP contribution in [0, 0.1) is 11.6 Å². The summed E-state index contributed by atoms with van der Waals surface area (Å²) in [6, 6.07) is 6.08. The van der Waals surface area contributed by atoms with Crippen LogP contribution in [0.3, 0.4) is 0 Å². The third kappa shape index (κ3) is 1.53. The predicted octanol–water partition coefficient (Wildman–Crippen LogP) is 2.51. The van der Waals surface area contributed by atoms with Crippen LogP contribution in [0.25, 0.3) is 0 Å². The van der Waals surface area contributed by atoms with Gasteiger partial charge in [-0.2, -0.15) is 0 Å².